The van der Waals surface area contributed by atoms with Gasteiger partial charge in [-0.2, -0.15) is 0 Å². The Balaban J connectivity index is 1.49. The maximum absolute atomic E-state index is 12.3. The number of rotatable bonds is 4. The van der Waals surface area contributed by atoms with Crippen LogP contribution in [0.2, 0.25) is 0 Å². The van der Waals surface area contributed by atoms with Crippen LogP contribution < -0.4 is 5.32 Å². The van der Waals surface area contributed by atoms with E-state index in [1.807, 2.05) is 14.0 Å². The molecule has 3 rings (SSSR count). The molecule has 2 fully saturated rings. The van der Waals surface area contributed by atoms with Crippen LogP contribution in [0, 0.1) is 12.8 Å². The Bertz CT molecular complexity index is 485. The predicted molar refractivity (Wildman–Crippen MR) is 82.2 cm³/mol. The minimum atomic E-state index is 0.00631. The van der Waals surface area contributed by atoms with Crippen LogP contribution in [0.5, 0.6) is 0 Å². The second kappa shape index (κ2) is 6.18. The first-order chi connectivity index (χ1) is 10.1. The van der Waals surface area contributed by atoms with E-state index in [0.29, 0.717) is 11.6 Å². The van der Waals surface area contributed by atoms with E-state index in [1.165, 1.54) is 38.6 Å². The number of likely N-dealkylation sites (tertiary alicyclic amines) is 1. The maximum Gasteiger partial charge on any atom is 0.269 e. The number of hydrogen-bond acceptors (Lipinski definition) is 3. The molecule has 0 bridgehead atoms. The van der Waals surface area contributed by atoms with Crippen LogP contribution in [-0.4, -0.2) is 46.0 Å². The van der Waals surface area contributed by atoms with Gasteiger partial charge in [0.1, 0.15) is 5.69 Å². The van der Waals surface area contributed by atoms with Crippen molar-refractivity contribution in [2.45, 2.75) is 45.1 Å². The molecule has 1 aromatic rings. The summed E-state index contributed by atoms with van der Waals surface area (Å²) in [4.78, 5) is 19.1. The molecule has 2 aliphatic rings. The Morgan fingerprint density at radius 3 is 2.81 bits per heavy atom. The van der Waals surface area contributed by atoms with Crippen LogP contribution in [-0.2, 0) is 7.05 Å². The molecule has 0 unspecified atom stereocenters. The van der Waals surface area contributed by atoms with E-state index < -0.39 is 0 Å². The second-order valence-electron chi connectivity index (χ2n) is 6.59. The summed E-state index contributed by atoms with van der Waals surface area (Å²) in [7, 11) is 1.87. The van der Waals surface area contributed by atoms with Gasteiger partial charge in [-0.3, -0.25) is 4.79 Å². The lowest BCUT2D eigenvalue weighted by molar-refractivity contribution is 0.0938. The number of amides is 1. The van der Waals surface area contributed by atoms with Crippen LogP contribution in [0.25, 0.3) is 0 Å². The zero-order chi connectivity index (χ0) is 14.8. The lowest BCUT2D eigenvalue weighted by atomic mass is 10.1. The Morgan fingerprint density at radius 1 is 1.38 bits per heavy atom. The molecule has 1 amide bonds. The van der Waals surface area contributed by atoms with Gasteiger partial charge < -0.3 is 14.8 Å². The molecule has 1 saturated heterocycles. The average molecular weight is 290 g/mol. The Morgan fingerprint density at radius 2 is 2.14 bits per heavy atom. The highest BCUT2D eigenvalue weighted by atomic mass is 16.2. The van der Waals surface area contributed by atoms with Crippen molar-refractivity contribution in [2.75, 3.05) is 19.6 Å². The number of carbonyl (C=O) groups is 1. The molecule has 2 heterocycles. The first-order valence-electron chi connectivity index (χ1n) is 8.15. The fourth-order valence-electron chi connectivity index (χ4n) is 3.82. The third kappa shape index (κ3) is 3.12. The van der Waals surface area contributed by atoms with Crippen LogP contribution in [0.1, 0.15) is 48.3 Å². The number of nitrogens with one attached hydrogen (secondary N) is 1. The van der Waals surface area contributed by atoms with Crippen LogP contribution in [0.15, 0.2) is 6.33 Å². The molecular formula is C16H26N4O. The summed E-state index contributed by atoms with van der Waals surface area (Å²) < 4.78 is 1.80. The normalized spacial score (nSPS) is 23.8. The number of aryl methyl sites for hydroxylation is 2. The van der Waals surface area contributed by atoms with Gasteiger partial charge in [0.2, 0.25) is 0 Å². The van der Waals surface area contributed by atoms with Gasteiger partial charge in [0.25, 0.3) is 5.91 Å². The summed E-state index contributed by atoms with van der Waals surface area (Å²) in [5, 5.41) is 3.09. The Hall–Kier alpha value is -1.36. The lowest BCUT2D eigenvalue weighted by Gasteiger charge is -2.23. The van der Waals surface area contributed by atoms with E-state index in [-0.39, 0.29) is 5.91 Å². The number of hydrogen-bond donors (Lipinski definition) is 1. The monoisotopic (exact) mass is 290 g/mol. The van der Waals surface area contributed by atoms with Crippen molar-refractivity contribution in [3.8, 4) is 0 Å². The molecule has 1 aliphatic heterocycles. The molecule has 116 valence electrons. The largest absolute Gasteiger partial charge is 0.350 e. The fourth-order valence-corrected chi connectivity index (χ4v) is 3.82. The van der Waals surface area contributed by atoms with Crippen molar-refractivity contribution in [1.29, 1.82) is 0 Å². The van der Waals surface area contributed by atoms with E-state index >= 15 is 0 Å². The minimum absolute atomic E-state index is 0.00631. The summed E-state index contributed by atoms with van der Waals surface area (Å²) in [5.41, 5.74) is 1.48. The summed E-state index contributed by atoms with van der Waals surface area (Å²) in [6.07, 6.45) is 8.42. The van der Waals surface area contributed by atoms with Gasteiger partial charge in [0.15, 0.2) is 0 Å². The highest BCUT2D eigenvalue weighted by Crippen LogP contribution is 2.28. The zero-order valence-corrected chi connectivity index (χ0v) is 13.1. The Labute approximate surface area is 126 Å². The number of carbonyl (C=O) groups excluding carboxylic acids is 1. The number of aromatic nitrogens is 2. The first kappa shape index (κ1) is 14.6. The van der Waals surface area contributed by atoms with Gasteiger partial charge in [0, 0.05) is 26.2 Å². The second-order valence-corrected chi connectivity index (χ2v) is 6.59. The highest BCUT2D eigenvalue weighted by Gasteiger charge is 2.30. The summed E-state index contributed by atoms with van der Waals surface area (Å²) in [6.45, 7) is 5.02. The third-order valence-electron chi connectivity index (χ3n) is 5.04. The van der Waals surface area contributed by atoms with Crippen molar-refractivity contribution >= 4 is 5.91 Å². The Kier molecular flexibility index (Phi) is 4.29. The molecule has 0 spiro atoms. The molecule has 1 aromatic heterocycles. The summed E-state index contributed by atoms with van der Waals surface area (Å²) >= 11 is 0. The molecule has 5 nitrogen and oxygen atoms in total. The SMILES string of the molecule is Cc1ncn(C)c1C(=O)NC[C@H]1CCN(C2CCCC2)C1. The van der Waals surface area contributed by atoms with Crippen molar-refractivity contribution in [2.24, 2.45) is 13.0 Å². The van der Waals surface area contributed by atoms with Crippen LogP contribution in [0.3, 0.4) is 0 Å². The molecule has 21 heavy (non-hydrogen) atoms. The predicted octanol–water partition coefficient (Wildman–Crippen LogP) is 1.72. The van der Waals surface area contributed by atoms with Crippen LogP contribution >= 0.6 is 0 Å². The standard InChI is InChI=1S/C16H26N4O/c1-12-15(19(2)11-18-12)16(21)17-9-13-7-8-20(10-13)14-5-3-4-6-14/h11,13-14H,3-10H2,1-2H3,(H,17,21)/t13-/m1/s1. The summed E-state index contributed by atoms with van der Waals surface area (Å²) in [5.74, 6) is 0.606. The molecular weight excluding hydrogens is 264 g/mol. The lowest BCUT2D eigenvalue weighted by Crippen LogP contribution is -2.34. The van der Waals surface area contributed by atoms with E-state index in [1.54, 1.807) is 10.9 Å². The van der Waals surface area contributed by atoms with Crippen molar-refractivity contribution in [3.05, 3.63) is 17.7 Å². The molecule has 1 N–H and O–H groups in total. The zero-order valence-electron chi connectivity index (χ0n) is 13.1. The van der Waals surface area contributed by atoms with Gasteiger partial charge in [-0.05, 0) is 38.6 Å². The van der Waals surface area contributed by atoms with Crippen molar-refractivity contribution in [1.82, 2.24) is 19.8 Å². The minimum Gasteiger partial charge on any atom is -0.350 e. The van der Waals surface area contributed by atoms with Gasteiger partial charge in [-0.1, -0.05) is 12.8 Å². The molecule has 0 aromatic carbocycles. The molecule has 0 radical (unpaired) electrons. The van der Waals surface area contributed by atoms with E-state index in [9.17, 15) is 4.79 Å². The van der Waals surface area contributed by atoms with Gasteiger partial charge in [-0.25, -0.2) is 4.98 Å². The van der Waals surface area contributed by atoms with E-state index in [4.69, 9.17) is 0 Å². The van der Waals surface area contributed by atoms with Gasteiger partial charge in [-0.15, -0.1) is 0 Å². The van der Waals surface area contributed by atoms with E-state index in [2.05, 4.69) is 15.2 Å². The third-order valence-corrected chi connectivity index (χ3v) is 5.04. The topological polar surface area (TPSA) is 50.2 Å². The van der Waals surface area contributed by atoms with Crippen molar-refractivity contribution in [3.63, 3.8) is 0 Å². The van der Waals surface area contributed by atoms with Crippen molar-refractivity contribution < 1.29 is 4.79 Å². The number of imidazole rings is 1. The molecule has 1 atom stereocenters. The molecule has 1 saturated carbocycles. The highest BCUT2D eigenvalue weighted by molar-refractivity contribution is 5.93. The number of nitrogens with zero attached hydrogens (tertiary/aromatic N) is 3. The molecule has 1 aliphatic carbocycles. The van der Waals surface area contributed by atoms with Crippen LogP contribution in [0.4, 0.5) is 0 Å². The fraction of sp³-hybridized carbons (Fsp3) is 0.750. The average Bonchev–Trinajstić information content (AvgIpc) is 3.17. The van der Waals surface area contributed by atoms with Gasteiger partial charge >= 0.3 is 0 Å². The molecule has 5 heteroatoms. The van der Waals surface area contributed by atoms with E-state index in [0.717, 1.165) is 24.8 Å². The first-order valence-corrected chi connectivity index (χ1v) is 8.15. The maximum atomic E-state index is 12.3. The quantitative estimate of drug-likeness (QED) is 0.918. The summed E-state index contributed by atoms with van der Waals surface area (Å²) in [6, 6.07) is 0.810. The smallest absolute Gasteiger partial charge is 0.269 e. The van der Waals surface area contributed by atoms with Gasteiger partial charge in [0.05, 0.1) is 12.0 Å².